The molecule has 0 spiro atoms. The second kappa shape index (κ2) is 7.03. The molecule has 1 amide bonds. The minimum absolute atomic E-state index is 0.185. The van der Waals surface area contributed by atoms with E-state index in [1.165, 1.54) is 30.0 Å². The Morgan fingerprint density at radius 2 is 1.78 bits per heavy atom. The second-order valence-corrected chi connectivity index (χ2v) is 6.67. The van der Waals surface area contributed by atoms with Crippen LogP contribution in [0.25, 0.3) is 10.8 Å². The van der Waals surface area contributed by atoms with E-state index in [4.69, 9.17) is 0 Å². The maximum atomic E-state index is 12.7. The molecule has 122 valence electrons. The fraction of sp³-hybridized carbons (Fsp3) is 0.450. The molecule has 0 unspecified atom stereocenters. The van der Waals surface area contributed by atoms with E-state index in [1.807, 2.05) is 37.1 Å². The van der Waals surface area contributed by atoms with Crippen LogP contribution in [0.2, 0.25) is 0 Å². The summed E-state index contributed by atoms with van der Waals surface area (Å²) in [4.78, 5) is 14.6. The Balaban J connectivity index is 1.66. The van der Waals surface area contributed by atoms with Gasteiger partial charge < -0.3 is 10.2 Å². The molecule has 1 saturated carbocycles. The quantitative estimate of drug-likeness (QED) is 0.906. The summed E-state index contributed by atoms with van der Waals surface area (Å²) >= 11 is 0. The molecule has 2 aromatic carbocycles. The lowest BCUT2D eigenvalue weighted by atomic mass is 9.94. The molecule has 1 aliphatic carbocycles. The molecule has 1 fully saturated rings. The molecule has 23 heavy (non-hydrogen) atoms. The van der Waals surface area contributed by atoms with E-state index in [9.17, 15) is 4.79 Å². The predicted octanol–water partition coefficient (Wildman–Crippen LogP) is 4.43. The van der Waals surface area contributed by atoms with Crippen molar-refractivity contribution in [1.29, 1.82) is 0 Å². The monoisotopic (exact) mass is 310 g/mol. The standard InChI is InChI=1S/C20H26N2O/c1-15(20(23)22(2)19-10-4-3-5-11-19)21-18-13-12-16-8-6-7-9-17(16)14-18/h6-9,12-15,19,21H,3-5,10-11H2,1-2H3/t15-/m1/s1. The molecule has 0 radical (unpaired) electrons. The first kappa shape index (κ1) is 15.9. The van der Waals surface area contributed by atoms with Gasteiger partial charge in [0.2, 0.25) is 5.91 Å². The number of carbonyl (C=O) groups is 1. The van der Waals surface area contributed by atoms with Crippen molar-refractivity contribution in [3.63, 3.8) is 0 Å². The molecule has 3 nitrogen and oxygen atoms in total. The van der Waals surface area contributed by atoms with E-state index in [1.54, 1.807) is 0 Å². The van der Waals surface area contributed by atoms with Crippen LogP contribution in [-0.4, -0.2) is 29.9 Å². The molecule has 3 heteroatoms. The minimum Gasteiger partial charge on any atom is -0.374 e. The van der Waals surface area contributed by atoms with Gasteiger partial charge in [-0.15, -0.1) is 0 Å². The average molecular weight is 310 g/mol. The topological polar surface area (TPSA) is 32.3 Å². The van der Waals surface area contributed by atoms with Gasteiger partial charge in [0.25, 0.3) is 0 Å². The van der Waals surface area contributed by atoms with Crippen molar-refractivity contribution in [3.8, 4) is 0 Å². The molecule has 0 saturated heterocycles. The molecule has 1 atom stereocenters. The number of anilines is 1. The highest BCUT2D eigenvalue weighted by Gasteiger charge is 2.25. The number of hydrogen-bond acceptors (Lipinski definition) is 2. The number of likely N-dealkylation sites (N-methyl/N-ethyl adjacent to an activating group) is 1. The van der Waals surface area contributed by atoms with Crippen LogP contribution in [0, 0.1) is 0 Å². The summed E-state index contributed by atoms with van der Waals surface area (Å²) in [5.41, 5.74) is 1.00. The smallest absolute Gasteiger partial charge is 0.244 e. The summed E-state index contributed by atoms with van der Waals surface area (Å²) in [6.45, 7) is 1.96. The third-order valence-corrected chi connectivity index (χ3v) is 4.97. The van der Waals surface area contributed by atoms with E-state index >= 15 is 0 Å². The van der Waals surface area contributed by atoms with Crippen LogP contribution in [0.5, 0.6) is 0 Å². The summed E-state index contributed by atoms with van der Waals surface area (Å²) < 4.78 is 0. The highest BCUT2D eigenvalue weighted by molar-refractivity contribution is 5.88. The van der Waals surface area contributed by atoms with Crippen molar-refractivity contribution >= 4 is 22.4 Å². The van der Waals surface area contributed by atoms with Crippen LogP contribution in [-0.2, 0) is 4.79 Å². The van der Waals surface area contributed by atoms with Gasteiger partial charge in [0.05, 0.1) is 0 Å². The van der Waals surface area contributed by atoms with Crippen LogP contribution < -0.4 is 5.32 Å². The zero-order valence-electron chi connectivity index (χ0n) is 14.1. The Kier molecular flexibility index (Phi) is 4.85. The normalized spacial score (nSPS) is 17.0. The van der Waals surface area contributed by atoms with E-state index < -0.39 is 0 Å². The molecule has 1 N–H and O–H groups in total. The van der Waals surface area contributed by atoms with E-state index in [0.717, 1.165) is 18.5 Å². The molecule has 0 heterocycles. The first-order chi connectivity index (χ1) is 11.1. The maximum Gasteiger partial charge on any atom is 0.244 e. The van der Waals surface area contributed by atoms with Crippen LogP contribution in [0.3, 0.4) is 0 Å². The van der Waals surface area contributed by atoms with E-state index in [-0.39, 0.29) is 11.9 Å². The van der Waals surface area contributed by atoms with Crippen molar-refractivity contribution in [2.24, 2.45) is 0 Å². The Labute approximate surface area is 138 Å². The number of nitrogens with zero attached hydrogens (tertiary/aromatic N) is 1. The van der Waals surface area contributed by atoms with Gasteiger partial charge in [0.1, 0.15) is 6.04 Å². The van der Waals surface area contributed by atoms with E-state index in [2.05, 4.69) is 29.6 Å². The number of carbonyl (C=O) groups excluding carboxylic acids is 1. The van der Waals surface area contributed by atoms with Gasteiger partial charge in [0.15, 0.2) is 0 Å². The molecule has 3 rings (SSSR count). The average Bonchev–Trinajstić information content (AvgIpc) is 2.61. The Morgan fingerprint density at radius 1 is 1.09 bits per heavy atom. The first-order valence-corrected chi connectivity index (χ1v) is 8.67. The molecule has 0 aromatic heterocycles. The summed E-state index contributed by atoms with van der Waals surface area (Å²) in [6.07, 6.45) is 6.09. The third-order valence-electron chi connectivity index (χ3n) is 4.97. The molecule has 2 aromatic rings. The minimum atomic E-state index is -0.205. The van der Waals surface area contributed by atoms with Gasteiger partial charge in [0, 0.05) is 18.8 Å². The SMILES string of the molecule is C[C@@H](Nc1ccc2ccccc2c1)C(=O)N(C)C1CCCCC1. The summed E-state index contributed by atoms with van der Waals surface area (Å²) in [6, 6.07) is 14.7. The molecular weight excluding hydrogens is 284 g/mol. The van der Waals surface area contributed by atoms with Crippen LogP contribution in [0.15, 0.2) is 42.5 Å². The summed E-state index contributed by atoms with van der Waals surface area (Å²) in [5, 5.41) is 5.77. The van der Waals surface area contributed by atoms with Gasteiger partial charge >= 0.3 is 0 Å². The predicted molar refractivity (Wildman–Crippen MR) is 96.7 cm³/mol. The second-order valence-electron chi connectivity index (χ2n) is 6.67. The van der Waals surface area contributed by atoms with Gasteiger partial charge in [-0.25, -0.2) is 0 Å². The third kappa shape index (κ3) is 3.66. The number of rotatable bonds is 4. The molecule has 1 aliphatic rings. The van der Waals surface area contributed by atoms with Crippen LogP contribution >= 0.6 is 0 Å². The van der Waals surface area contributed by atoms with Crippen molar-refractivity contribution in [1.82, 2.24) is 4.90 Å². The Hall–Kier alpha value is -2.03. The zero-order valence-corrected chi connectivity index (χ0v) is 14.1. The first-order valence-electron chi connectivity index (χ1n) is 8.67. The van der Waals surface area contributed by atoms with Crippen molar-refractivity contribution in [2.75, 3.05) is 12.4 Å². The number of nitrogens with one attached hydrogen (secondary N) is 1. The van der Waals surface area contributed by atoms with E-state index in [0.29, 0.717) is 6.04 Å². The molecule has 0 bridgehead atoms. The highest BCUT2D eigenvalue weighted by Crippen LogP contribution is 2.23. The van der Waals surface area contributed by atoms with Gasteiger partial charge in [-0.2, -0.15) is 0 Å². The number of benzene rings is 2. The van der Waals surface area contributed by atoms with Crippen molar-refractivity contribution in [3.05, 3.63) is 42.5 Å². The van der Waals surface area contributed by atoms with Gasteiger partial charge in [-0.3, -0.25) is 4.79 Å². The fourth-order valence-electron chi connectivity index (χ4n) is 3.54. The summed E-state index contributed by atoms with van der Waals surface area (Å²) in [7, 11) is 1.96. The van der Waals surface area contributed by atoms with Gasteiger partial charge in [-0.05, 0) is 42.7 Å². The highest BCUT2D eigenvalue weighted by atomic mass is 16.2. The zero-order chi connectivity index (χ0) is 16.2. The van der Waals surface area contributed by atoms with Crippen LogP contribution in [0.4, 0.5) is 5.69 Å². The number of hydrogen-bond donors (Lipinski definition) is 1. The summed E-state index contributed by atoms with van der Waals surface area (Å²) in [5.74, 6) is 0.185. The van der Waals surface area contributed by atoms with Crippen molar-refractivity contribution < 1.29 is 4.79 Å². The largest absolute Gasteiger partial charge is 0.374 e. The fourth-order valence-corrected chi connectivity index (χ4v) is 3.54. The maximum absolute atomic E-state index is 12.7. The van der Waals surface area contributed by atoms with Crippen LogP contribution in [0.1, 0.15) is 39.0 Å². The lowest BCUT2D eigenvalue weighted by Gasteiger charge is -2.33. The van der Waals surface area contributed by atoms with Gasteiger partial charge in [-0.1, -0.05) is 49.6 Å². The Morgan fingerprint density at radius 3 is 2.52 bits per heavy atom. The number of amides is 1. The molecule has 0 aliphatic heterocycles. The molecular formula is C20H26N2O. The lowest BCUT2D eigenvalue weighted by Crippen LogP contribution is -2.45. The van der Waals surface area contributed by atoms with Crippen molar-refractivity contribution in [2.45, 2.75) is 51.1 Å². The lowest BCUT2D eigenvalue weighted by molar-refractivity contribution is -0.133. The Bertz CT molecular complexity index is 676. The number of fused-ring (bicyclic) bond motifs is 1.